The zero-order chi connectivity index (χ0) is 17.4. The zero-order valence-corrected chi connectivity index (χ0v) is 18.2. The van der Waals surface area contributed by atoms with Crippen molar-refractivity contribution in [3.05, 3.63) is 23.8 Å². The van der Waals surface area contributed by atoms with Gasteiger partial charge in [-0.15, -0.1) is 24.8 Å². The van der Waals surface area contributed by atoms with Crippen LogP contribution in [0.2, 0.25) is 0 Å². The molecule has 6 heteroatoms. The molecule has 152 valence electrons. The Morgan fingerprint density at radius 3 is 2.27 bits per heavy atom. The molecule has 1 aromatic rings. The second-order valence-electron chi connectivity index (χ2n) is 6.71. The molecule has 0 saturated carbocycles. The second-order valence-corrected chi connectivity index (χ2v) is 6.71. The summed E-state index contributed by atoms with van der Waals surface area (Å²) < 4.78 is 0. The molecule has 1 atom stereocenters. The highest BCUT2D eigenvalue weighted by molar-refractivity contribution is 5.85. The number of nitrogens with one attached hydrogen (secondary N) is 1. The van der Waals surface area contributed by atoms with Gasteiger partial charge in [-0.2, -0.15) is 0 Å². The lowest BCUT2D eigenvalue weighted by molar-refractivity contribution is 0.160. The number of hydrogen-bond donors (Lipinski definition) is 2. The number of phenols is 1. The van der Waals surface area contributed by atoms with Crippen molar-refractivity contribution in [2.24, 2.45) is 0 Å². The molecule has 0 amide bonds. The van der Waals surface area contributed by atoms with Crippen LogP contribution >= 0.6 is 24.8 Å². The monoisotopic (exact) mass is 405 g/mol. The Labute approximate surface area is 172 Å². The molecular formula is C20H37Cl2N3O. The normalized spacial score (nSPS) is 15.7. The SMILES string of the molecule is CCCCC[C@H](c1ccc(N(CC)CC)cc1O)N1CCNCC1.Cl.Cl. The summed E-state index contributed by atoms with van der Waals surface area (Å²) in [5, 5.41) is 14.2. The maximum atomic E-state index is 10.7. The van der Waals surface area contributed by atoms with Crippen molar-refractivity contribution in [2.45, 2.75) is 52.5 Å². The molecule has 0 radical (unpaired) electrons. The molecule has 2 N–H and O–H groups in total. The highest BCUT2D eigenvalue weighted by Gasteiger charge is 2.24. The number of hydrogen-bond acceptors (Lipinski definition) is 4. The Hall–Kier alpha value is -0.680. The van der Waals surface area contributed by atoms with E-state index in [1.807, 2.05) is 6.07 Å². The van der Waals surface area contributed by atoms with Gasteiger partial charge in [0.25, 0.3) is 0 Å². The second kappa shape index (κ2) is 13.5. The number of halogens is 2. The summed E-state index contributed by atoms with van der Waals surface area (Å²) >= 11 is 0. The molecule has 2 rings (SSSR count). The van der Waals surface area contributed by atoms with E-state index < -0.39 is 0 Å². The van der Waals surface area contributed by atoms with Crippen LogP contribution in [0.3, 0.4) is 0 Å². The van der Waals surface area contributed by atoms with Crippen molar-refractivity contribution in [1.29, 1.82) is 0 Å². The predicted octanol–water partition coefficient (Wildman–Crippen LogP) is 4.61. The molecule has 4 nitrogen and oxygen atoms in total. The van der Waals surface area contributed by atoms with Gasteiger partial charge in [-0.3, -0.25) is 4.90 Å². The minimum atomic E-state index is 0. The summed E-state index contributed by atoms with van der Waals surface area (Å²) in [4.78, 5) is 4.82. The Morgan fingerprint density at radius 1 is 1.08 bits per heavy atom. The summed E-state index contributed by atoms with van der Waals surface area (Å²) in [6, 6.07) is 6.63. The van der Waals surface area contributed by atoms with E-state index in [1.165, 1.54) is 19.3 Å². The van der Waals surface area contributed by atoms with E-state index in [1.54, 1.807) is 0 Å². The molecule has 0 aliphatic carbocycles. The Kier molecular flexibility index (Phi) is 13.1. The minimum absolute atomic E-state index is 0. The van der Waals surface area contributed by atoms with E-state index in [2.05, 4.69) is 48.0 Å². The van der Waals surface area contributed by atoms with Crippen LogP contribution in [-0.4, -0.2) is 49.3 Å². The van der Waals surface area contributed by atoms with Crippen molar-refractivity contribution in [1.82, 2.24) is 10.2 Å². The first-order chi connectivity index (χ1) is 11.7. The van der Waals surface area contributed by atoms with Gasteiger partial charge < -0.3 is 15.3 Å². The van der Waals surface area contributed by atoms with Crippen LogP contribution in [0.15, 0.2) is 18.2 Å². The van der Waals surface area contributed by atoms with Crippen LogP contribution in [0, 0.1) is 0 Å². The lowest BCUT2D eigenvalue weighted by Crippen LogP contribution is -2.45. The summed E-state index contributed by atoms with van der Waals surface area (Å²) in [5.74, 6) is 0.458. The summed E-state index contributed by atoms with van der Waals surface area (Å²) in [6.07, 6.45) is 4.86. The fourth-order valence-corrected chi connectivity index (χ4v) is 3.72. The first-order valence-electron chi connectivity index (χ1n) is 9.73. The van der Waals surface area contributed by atoms with Crippen LogP contribution in [0.25, 0.3) is 0 Å². The minimum Gasteiger partial charge on any atom is -0.508 e. The summed E-state index contributed by atoms with van der Waals surface area (Å²) in [5.41, 5.74) is 2.22. The number of phenolic OH excluding ortho intramolecular Hbond substituents is 1. The highest BCUT2D eigenvalue weighted by Crippen LogP contribution is 2.35. The molecule has 0 aromatic heterocycles. The van der Waals surface area contributed by atoms with E-state index in [0.717, 1.165) is 56.9 Å². The standard InChI is InChI=1S/C20H35N3O.2ClH/c1-4-7-8-9-19(23-14-12-21-13-15-23)18-11-10-17(16-20(18)24)22(5-2)6-3;;/h10-11,16,19,21,24H,4-9,12-15H2,1-3H3;2*1H/t19-;;/m1../s1. The van der Waals surface area contributed by atoms with Crippen molar-refractivity contribution >= 4 is 30.5 Å². The molecular weight excluding hydrogens is 369 g/mol. The average molecular weight is 406 g/mol. The fraction of sp³-hybridized carbons (Fsp3) is 0.700. The van der Waals surface area contributed by atoms with Crippen molar-refractivity contribution in [3.8, 4) is 5.75 Å². The van der Waals surface area contributed by atoms with Gasteiger partial charge in [-0.25, -0.2) is 0 Å². The van der Waals surface area contributed by atoms with Crippen LogP contribution in [0.1, 0.15) is 58.1 Å². The summed E-state index contributed by atoms with van der Waals surface area (Å²) in [6.45, 7) is 12.7. The Balaban J connectivity index is 0.00000312. The predicted molar refractivity (Wildman–Crippen MR) is 117 cm³/mol. The van der Waals surface area contributed by atoms with Gasteiger partial charge in [0, 0.05) is 62.6 Å². The van der Waals surface area contributed by atoms with Gasteiger partial charge in [-0.05, 0) is 26.3 Å². The number of benzene rings is 1. The molecule has 1 fully saturated rings. The molecule has 1 aliphatic heterocycles. The first kappa shape index (κ1) is 25.3. The molecule has 0 unspecified atom stereocenters. The van der Waals surface area contributed by atoms with Gasteiger partial charge in [-0.1, -0.05) is 32.3 Å². The van der Waals surface area contributed by atoms with Gasteiger partial charge in [0.1, 0.15) is 5.75 Å². The first-order valence-corrected chi connectivity index (χ1v) is 9.73. The maximum Gasteiger partial charge on any atom is 0.122 e. The quantitative estimate of drug-likeness (QED) is 0.588. The summed E-state index contributed by atoms with van der Waals surface area (Å²) in [7, 11) is 0. The number of anilines is 1. The van der Waals surface area contributed by atoms with Crippen molar-refractivity contribution < 1.29 is 5.11 Å². The number of aromatic hydroxyl groups is 1. The zero-order valence-electron chi connectivity index (χ0n) is 16.5. The van der Waals surface area contributed by atoms with E-state index in [-0.39, 0.29) is 24.8 Å². The van der Waals surface area contributed by atoms with Gasteiger partial charge in [0.05, 0.1) is 0 Å². The third kappa shape index (κ3) is 6.80. The molecule has 0 bridgehead atoms. The van der Waals surface area contributed by atoms with Crippen LogP contribution < -0.4 is 10.2 Å². The van der Waals surface area contributed by atoms with Crippen molar-refractivity contribution in [3.63, 3.8) is 0 Å². The lowest BCUT2D eigenvalue weighted by Gasteiger charge is -2.36. The lowest BCUT2D eigenvalue weighted by atomic mass is 9.96. The largest absolute Gasteiger partial charge is 0.508 e. The van der Waals surface area contributed by atoms with Crippen LogP contribution in [-0.2, 0) is 0 Å². The van der Waals surface area contributed by atoms with Gasteiger partial charge in [0.2, 0.25) is 0 Å². The topological polar surface area (TPSA) is 38.7 Å². The average Bonchev–Trinajstić information content (AvgIpc) is 2.61. The third-order valence-corrected chi connectivity index (χ3v) is 5.18. The van der Waals surface area contributed by atoms with Crippen molar-refractivity contribution in [2.75, 3.05) is 44.2 Å². The molecule has 1 aromatic carbocycles. The third-order valence-electron chi connectivity index (χ3n) is 5.18. The van der Waals surface area contributed by atoms with Crippen LogP contribution in [0.4, 0.5) is 5.69 Å². The number of nitrogens with zero attached hydrogens (tertiary/aromatic N) is 2. The molecule has 1 saturated heterocycles. The van der Waals surface area contributed by atoms with Gasteiger partial charge in [0.15, 0.2) is 0 Å². The Bertz CT molecular complexity index is 492. The molecule has 0 spiro atoms. The van der Waals surface area contributed by atoms with E-state index in [0.29, 0.717) is 11.8 Å². The van der Waals surface area contributed by atoms with Gasteiger partial charge >= 0.3 is 0 Å². The molecule has 26 heavy (non-hydrogen) atoms. The smallest absolute Gasteiger partial charge is 0.122 e. The number of piperazine rings is 1. The highest BCUT2D eigenvalue weighted by atomic mass is 35.5. The van der Waals surface area contributed by atoms with E-state index >= 15 is 0 Å². The number of rotatable bonds is 9. The van der Waals surface area contributed by atoms with E-state index in [9.17, 15) is 5.11 Å². The van der Waals surface area contributed by atoms with Crippen LogP contribution in [0.5, 0.6) is 5.75 Å². The Morgan fingerprint density at radius 2 is 1.73 bits per heavy atom. The number of unbranched alkanes of at least 4 members (excludes halogenated alkanes) is 2. The molecule has 1 heterocycles. The molecule has 1 aliphatic rings. The maximum absolute atomic E-state index is 10.7. The fourth-order valence-electron chi connectivity index (χ4n) is 3.72. The van der Waals surface area contributed by atoms with E-state index in [4.69, 9.17) is 0 Å².